The predicted octanol–water partition coefficient (Wildman–Crippen LogP) is 7.75. The van der Waals surface area contributed by atoms with Gasteiger partial charge in [0.05, 0.1) is 0 Å². The third-order valence-corrected chi connectivity index (χ3v) is 55.6. The molecule has 2 atom stereocenters. The molecule has 8 heteroatoms. The third-order valence-electron chi connectivity index (χ3n) is 11.6. The van der Waals surface area contributed by atoms with Crippen LogP contribution in [-0.4, -0.2) is 61.4 Å². The molecule has 2 aliphatic carbocycles. The van der Waals surface area contributed by atoms with Crippen molar-refractivity contribution in [2.24, 2.45) is 0 Å². The molecule has 0 aromatic heterocycles. The molecule has 0 saturated carbocycles. The molecule has 260 valence electrons. The standard InChI is InChI=1S/C16H13.2C13H14N.2CH3NO.Ga.Zr/c1-3-9-15(10-4-1)13-7-8-14-16-11-5-2-6-12-16;2*1-2-6-12-11(5-1)7-8-13(12)14-9-3-4-10-14;2*2-1-3;;/h1-13H;2*1-2,5-8H,3-4,9-10H2;2*1H,(H2,2,3);;/q;;;;;+2;/p-2. The number of rotatable bonds is 13. The van der Waals surface area contributed by atoms with Crippen molar-refractivity contribution in [1.82, 2.24) is 17.8 Å². The van der Waals surface area contributed by atoms with Gasteiger partial charge in [-0.15, -0.1) is 0 Å². The van der Waals surface area contributed by atoms with Crippen molar-refractivity contribution in [2.75, 3.05) is 26.2 Å². The van der Waals surface area contributed by atoms with E-state index in [-0.39, 0.29) is 7.25 Å². The Balaban J connectivity index is 1.47. The maximum atomic E-state index is 12.9. The van der Waals surface area contributed by atoms with E-state index in [1.54, 1.807) is 0 Å². The minimum absolute atomic E-state index is 0.0646. The van der Waals surface area contributed by atoms with E-state index >= 15 is 0 Å². The first-order chi connectivity index (χ1) is 25.7. The van der Waals surface area contributed by atoms with Gasteiger partial charge in [0.1, 0.15) is 0 Å². The number of hydrogen-bond acceptors (Lipinski definition) is 4. The molecule has 2 unspecified atom stereocenters. The van der Waals surface area contributed by atoms with Crippen LogP contribution in [0.3, 0.4) is 0 Å². The number of allylic oxidation sites excluding steroid dienone is 4. The molecule has 8 rings (SSSR count). The summed E-state index contributed by atoms with van der Waals surface area (Å²) in [5.74, 6) is 0. The fourth-order valence-corrected chi connectivity index (χ4v) is 56.6. The summed E-state index contributed by atoms with van der Waals surface area (Å²) in [5.41, 5.74) is 10.2. The van der Waals surface area contributed by atoms with E-state index in [9.17, 15) is 9.59 Å². The van der Waals surface area contributed by atoms with Crippen molar-refractivity contribution in [3.8, 4) is 0 Å². The van der Waals surface area contributed by atoms with Gasteiger partial charge in [-0.1, -0.05) is 0 Å². The molecule has 0 radical (unpaired) electrons. The Morgan fingerprint density at radius 1 is 0.615 bits per heavy atom. The number of nitrogens with one attached hydrogen (secondary N) is 2. The fraction of sp³-hybridized carbons (Fsp3) is 0.227. The van der Waals surface area contributed by atoms with Crippen LogP contribution in [0.25, 0.3) is 20.8 Å². The summed E-state index contributed by atoms with van der Waals surface area (Å²) in [6.45, 7) is 4.19. The van der Waals surface area contributed by atoms with Crippen molar-refractivity contribution >= 4 is 46.2 Å². The molecule has 4 aliphatic rings. The van der Waals surface area contributed by atoms with Gasteiger partial charge in [0.2, 0.25) is 0 Å². The summed E-state index contributed by atoms with van der Waals surface area (Å²) in [7, 11) is 0. The second kappa shape index (κ2) is 15.9. The average molecular weight is 823 g/mol. The number of hydrogen-bond donors (Lipinski definition) is 2. The number of nitrogens with zero attached hydrogens (tertiary/aromatic N) is 2. The van der Waals surface area contributed by atoms with Crippen LogP contribution in [0.15, 0.2) is 133 Å². The molecule has 4 aromatic rings. The first kappa shape index (κ1) is 35.0. The van der Waals surface area contributed by atoms with Crippen LogP contribution in [0.2, 0.25) is 0 Å². The molecule has 2 N–H and O–H groups in total. The second-order valence-electron chi connectivity index (χ2n) is 14.3. The molecule has 2 amide bonds. The topological polar surface area (TPSA) is 64.7 Å². The molecule has 2 fully saturated rings. The second-order valence-corrected chi connectivity index (χ2v) is 45.7. The summed E-state index contributed by atoms with van der Waals surface area (Å²) in [5, 5.41) is 0. The van der Waals surface area contributed by atoms with Crippen molar-refractivity contribution in [3.05, 3.63) is 167 Å². The van der Waals surface area contributed by atoms with Gasteiger partial charge in [-0.3, -0.25) is 0 Å². The van der Waals surface area contributed by atoms with Gasteiger partial charge in [0, 0.05) is 0 Å². The molecule has 2 saturated heterocycles. The Bertz CT molecular complexity index is 1940. The van der Waals surface area contributed by atoms with Gasteiger partial charge >= 0.3 is 317 Å². The van der Waals surface area contributed by atoms with E-state index in [1.807, 2.05) is 6.07 Å². The molecular formula is C44H45GaN4O2Zr. The summed E-state index contributed by atoms with van der Waals surface area (Å²) >= 11 is -7.79. The normalized spacial score (nSPS) is 20.6. The van der Waals surface area contributed by atoms with E-state index in [0.29, 0.717) is 0 Å². The molecule has 4 aromatic carbocycles. The number of amides is 2. The summed E-state index contributed by atoms with van der Waals surface area (Å²) < 4.78 is 8.40. The van der Waals surface area contributed by atoms with E-state index in [2.05, 4.69) is 151 Å². The average Bonchev–Trinajstić information content (AvgIpc) is 4.03. The van der Waals surface area contributed by atoms with Gasteiger partial charge in [0.25, 0.3) is 0 Å². The van der Waals surface area contributed by atoms with Crippen LogP contribution in [-0.2, 0) is 26.8 Å². The van der Waals surface area contributed by atoms with Crippen LogP contribution >= 0.6 is 0 Å². The quantitative estimate of drug-likeness (QED) is 0.0823. The summed E-state index contributed by atoms with van der Waals surface area (Å²) in [6.07, 6.45) is 18.5. The van der Waals surface area contributed by atoms with Crippen LogP contribution in [0.4, 0.5) is 0 Å². The van der Waals surface area contributed by atoms with Crippen molar-refractivity contribution in [3.63, 3.8) is 0 Å². The number of carbonyl (C=O) groups excluding carboxylic acids is 2. The van der Waals surface area contributed by atoms with Gasteiger partial charge in [0.15, 0.2) is 0 Å². The Labute approximate surface area is 314 Å². The number of likely N-dealkylation sites (tertiary alicyclic amines) is 2. The van der Waals surface area contributed by atoms with E-state index in [4.69, 9.17) is 0 Å². The fourth-order valence-electron chi connectivity index (χ4n) is 9.37. The Morgan fingerprint density at radius 2 is 1.08 bits per heavy atom. The Hall–Kier alpha value is -4.10. The molecule has 0 bridgehead atoms. The Morgan fingerprint density at radius 3 is 1.58 bits per heavy atom. The number of carbonyl (C=O) groups is 2. The molecule has 6 nitrogen and oxygen atoms in total. The van der Waals surface area contributed by atoms with Crippen LogP contribution in [0.5, 0.6) is 0 Å². The monoisotopic (exact) mass is 820 g/mol. The van der Waals surface area contributed by atoms with Crippen molar-refractivity contribution in [1.29, 1.82) is 0 Å². The predicted molar refractivity (Wildman–Crippen MR) is 210 cm³/mol. The van der Waals surface area contributed by atoms with E-state index < -0.39 is 29.8 Å². The molecule has 2 heterocycles. The molecular weight excluding hydrogens is 777 g/mol. The number of fused-ring (bicyclic) bond motifs is 2. The first-order valence-corrected chi connectivity index (χ1v) is 33.8. The van der Waals surface area contributed by atoms with Gasteiger partial charge < -0.3 is 0 Å². The maximum absolute atomic E-state index is 12.9. The van der Waals surface area contributed by atoms with E-state index in [0.717, 1.165) is 44.6 Å². The first-order valence-electron chi connectivity index (χ1n) is 18.7. The van der Waals surface area contributed by atoms with Gasteiger partial charge in [-0.2, -0.15) is 0 Å². The van der Waals surface area contributed by atoms with E-state index in [1.165, 1.54) is 68.2 Å². The summed E-state index contributed by atoms with van der Waals surface area (Å²) in [6, 6.07) is 39.2. The van der Waals surface area contributed by atoms with Crippen LogP contribution < -0.4 is 8.05 Å². The summed E-state index contributed by atoms with van der Waals surface area (Å²) in [4.78, 5) is 30.9. The zero-order valence-corrected chi connectivity index (χ0v) is 34.4. The number of benzene rings is 4. The van der Waals surface area contributed by atoms with Crippen molar-refractivity contribution < 1.29 is 26.8 Å². The van der Waals surface area contributed by atoms with Crippen molar-refractivity contribution in [2.45, 2.75) is 32.9 Å². The minimum atomic E-state index is -4.44. The van der Waals surface area contributed by atoms with Gasteiger partial charge in [-0.05, 0) is 0 Å². The van der Waals surface area contributed by atoms with Crippen LogP contribution in [0.1, 0.15) is 66.3 Å². The SMILES string of the molecule is O=C[NH][Ga]([NH]C=O)[Zr]([C](=CC=Cc1ccccc1)c1ccccc1)([CH]1C=C(N2CCCC2)c2ccccc21)[CH]1C=C(N2CCCC2)c2ccccc21. The zero-order valence-electron chi connectivity index (χ0n) is 29.5. The molecule has 2 aliphatic heterocycles. The van der Waals surface area contributed by atoms with Gasteiger partial charge in [-0.25, -0.2) is 0 Å². The zero-order chi connectivity index (χ0) is 35.3. The Kier molecular flexibility index (Phi) is 10.7. The molecule has 52 heavy (non-hydrogen) atoms. The molecule has 0 spiro atoms. The van der Waals surface area contributed by atoms with Crippen LogP contribution in [0, 0.1) is 0 Å². The third kappa shape index (κ3) is 6.44.